The van der Waals surface area contributed by atoms with Crippen LogP contribution in [0.2, 0.25) is 0 Å². The summed E-state index contributed by atoms with van der Waals surface area (Å²) in [6.07, 6.45) is 0. The van der Waals surface area contributed by atoms with Crippen LogP contribution in [0, 0.1) is 5.82 Å². The Balaban J connectivity index is 2.08. The summed E-state index contributed by atoms with van der Waals surface area (Å²) in [6, 6.07) is 14.8. The quantitative estimate of drug-likeness (QED) is 0.286. The fraction of sp³-hybridized carbons (Fsp3) is 0.355. The third kappa shape index (κ3) is 8.38. The maximum Gasteiger partial charge on any atom is 0.264 e. The Kier molecular flexibility index (Phi) is 11.4. The highest BCUT2D eigenvalue weighted by atomic mass is 32.2. The normalized spacial score (nSPS) is 11.9. The molecule has 0 aliphatic rings. The van der Waals surface area contributed by atoms with Crippen LogP contribution < -0.4 is 23.8 Å². The Hall–Kier alpha value is -4.32. The molecule has 0 saturated heterocycles. The number of anilines is 1. The molecule has 0 unspecified atom stereocenters. The average Bonchev–Trinajstić information content (AvgIpc) is 2.98. The van der Waals surface area contributed by atoms with Gasteiger partial charge in [0.05, 0.1) is 31.4 Å². The summed E-state index contributed by atoms with van der Waals surface area (Å²) in [5.74, 6) is -0.457. The number of hydrogen-bond donors (Lipinski definition) is 1. The van der Waals surface area contributed by atoms with E-state index in [2.05, 4.69) is 5.32 Å². The molecule has 3 aromatic rings. The fourth-order valence-corrected chi connectivity index (χ4v) is 5.71. The Morgan fingerprint density at radius 1 is 0.907 bits per heavy atom. The smallest absolute Gasteiger partial charge is 0.264 e. The van der Waals surface area contributed by atoms with Crippen molar-refractivity contribution in [1.82, 2.24) is 10.2 Å². The summed E-state index contributed by atoms with van der Waals surface area (Å²) in [7, 11) is -1.53. The monoisotopic (exact) mass is 615 g/mol. The van der Waals surface area contributed by atoms with E-state index in [0.29, 0.717) is 23.7 Å². The second-order valence-corrected chi connectivity index (χ2v) is 11.8. The van der Waals surface area contributed by atoms with Gasteiger partial charge in [-0.2, -0.15) is 0 Å². The van der Waals surface area contributed by atoms with Gasteiger partial charge in [-0.05, 0) is 81.8 Å². The molecule has 0 aliphatic heterocycles. The predicted molar refractivity (Wildman–Crippen MR) is 161 cm³/mol. The van der Waals surface area contributed by atoms with E-state index in [0.717, 1.165) is 4.31 Å². The topological polar surface area (TPSA) is 114 Å². The van der Waals surface area contributed by atoms with Crippen molar-refractivity contribution in [2.75, 3.05) is 31.7 Å². The average molecular weight is 616 g/mol. The van der Waals surface area contributed by atoms with E-state index in [1.54, 1.807) is 32.9 Å². The standard InChI is InChI=1S/C31H38FN3O7S/c1-7-42-26-14-12-25(13-15-26)35(43(38,39)27-16-17-28(40-5)29(18-27)41-6)20-30(36)34(22(4)31(37)33-21(2)3)19-23-8-10-24(32)11-9-23/h8-18,21-22H,7,19-20H2,1-6H3,(H,33,37)/t22-/m0/s1. The van der Waals surface area contributed by atoms with Crippen LogP contribution in [0.25, 0.3) is 0 Å². The molecule has 0 bridgehead atoms. The highest BCUT2D eigenvalue weighted by molar-refractivity contribution is 7.92. The highest BCUT2D eigenvalue weighted by Crippen LogP contribution is 2.33. The summed E-state index contributed by atoms with van der Waals surface area (Å²) >= 11 is 0. The molecular formula is C31H38FN3O7S. The zero-order valence-electron chi connectivity index (χ0n) is 25.2. The Bertz CT molecular complexity index is 1500. The first kappa shape index (κ1) is 33.2. The van der Waals surface area contributed by atoms with E-state index < -0.39 is 40.2 Å². The molecular weight excluding hydrogens is 577 g/mol. The third-order valence-corrected chi connectivity index (χ3v) is 8.29. The molecule has 0 fully saturated rings. The van der Waals surface area contributed by atoms with Gasteiger partial charge < -0.3 is 24.4 Å². The van der Waals surface area contributed by atoms with E-state index in [1.807, 2.05) is 6.92 Å². The molecule has 1 atom stereocenters. The second-order valence-electron chi connectivity index (χ2n) is 9.94. The van der Waals surface area contributed by atoms with Crippen molar-refractivity contribution in [3.05, 3.63) is 78.1 Å². The number of amides is 2. The van der Waals surface area contributed by atoms with Crippen LogP contribution in [0.1, 0.15) is 33.3 Å². The molecule has 0 aromatic heterocycles. The van der Waals surface area contributed by atoms with Gasteiger partial charge in [0.25, 0.3) is 10.0 Å². The minimum absolute atomic E-state index is 0.0562. The van der Waals surface area contributed by atoms with Crippen molar-refractivity contribution in [1.29, 1.82) is 0 Å². The number of nitrogens with zero attached hydrogens (tertiary/aromatic N) is 2. The Morgan fingerprint density at radius 3 is 2.09 bits per heavy atom. The number of hydrogen-bond acceptors (Lipinski definition) is 7. The van der Waals surface area contributed by atoms with Crippen LogP contribution in [-0.4, -0.2) is 64.6 Å². The van der Waals surface area contributed by atoms with Crippen molar-refractivity contribution in [2.45, 2.75) is 51.2 Å². The molecule has 1 N–H and O–H groups in total. The van der Waals surface area contributed by atoms with Gasteiger partial charge >= 0.3 is 0 Å². The molecule has 2 amide bonds. The van der Waals surface area contributed by atoms with Crippen molar-refractivity contribution in [2.24, 2.45) is 0 Å². The van der Waals surface area contributed by atoms with Crippen LogP contribution >= 0.6 is 0 Å². The SMILES string of the molecule is CCOc1ccc(N(CC(=O)N(Cc2ccc(F)cc2)[C@@H](C)C(=O)NC(C)C)S(=O)(=O)c2ccc(OC)c(OC)c2)cc1. The lowest BCUT2D eigenvalue weighted by Gasteiger charge is -2.32. The number of rotatable bonds is 14. The lowest BCUT2D eigenvalue weighted by molar-refractivity contribution is -0.139. The summed E-state index contributed by atoms with van der Waals surface area (Å²) < 4.78 is 58.9. The first-order valence-electron chi connectivity index (χ1n) is 13.7. The maximum atomic E-state index is 14.1. The van der Waals surface area contributed by atoms with Crippen LogP contribution in [0.3, 0.4) is 0 Å². The zero-order chi connectivity index (χ0) is 31.7. The summed E-state index contributed by atoms with van der Waals surface area (Å²) in [4.78, 5) is 28.1. The second kappa shape index (κ2) is 14.7. The van der Waals surface area contributed by atoms with Crippen molar-refractivity contribution < 1.29 is 36.6 Å². The number of ether oxygens (including phenoxy) is 3. The van der Waals surface area contributed by atoms with Gasteiger partial charge in [0, 0.05) is 18.7 Å². The summed E-state index contributed by atoms with van der Waals surface area (Å²) in [5, 5.41) is 2.79. The molecule has 43 heavy (non-hydrogen) atoms. The maximum absolute atomic E-state index is 14.1. The summed E-state index contributed by atoms with van der Waals surface area (Å²) in [6.45, 7) is 6.70. The van der Waals surface area contributed by atoms with Gasteiger partial charge in [0.2, 0.25) is 11.8 Å². The van der Waals surface area contributed by atoms with E-state index in [4.69, 9.17) is 14.2 Å². The minimum Gasteiger partial charge on any atom is -0.494 e. The zero-order valence-corrected chi connectivity index (χ0v) is 26.0. The van der Waals surface area contributed by atoms with Crippen molar-refractivity contribution in [3.8, 4) is 17.2 Å². The molecule has 0 saturated carbocycles. The molecule has 10 nitrogen and oxygen atoms in total. The van der Waals surface area contributed by atoms with Crippen LogP contribution in [-0.2, 0) is 26.2 Å². The van der Waals surface area contributed by atoms with Gasteiger partial charge in [0.15, 0.2) is 11.5 Å². The summed E-state index contributed by atoms with van der Waals surface area (Å²) in [5.41, 5.74) is 0.766. The van der Waals surface area contributed by atoms with E-state index >= 15 is 0 Å². The molecule has 0 spiro atoms. The third-order valence-electron chi connectivity index (χ3n) is 6.52. The number of methoxy groups -OCH3 is 2. The fourth-order valence-electron chi connectivity index (χ4n) is 4.28. The molecule has 3 rings (SSSR count). The van der Waals surface area contributed by atoms with Gasteiger partial charge in [0.1, 0.15) is 24.2 Å². The Morgan fingerprint density at radius 2 is 1.53 bits per heavy atom. The molecule has 0 radical (unpaired) electrons. The van der Waals surface area contributed by atoms with Crippen molar-refractivity contribution >= 4 is 27.5 Å². The lowest BCUT2D eigenvalue weighted by Crippen LogP contribution is -2.52. The van der Waals surface area contributed by atoms with Crippen LogP contribution in [0.5, 0.6) is 17.2 Å². The number of sulfonamides is 1. The highest BCUT2D eigenvalue weighted by Gasteiger charge is 2.33. The van der Waals surface area contributed by atoms with Gasteiger partial charge in [-0.15, -0.1) is 0 Å². The van der Waals surface area contributed by atoms with E-state index in [1.165, 1.54) is 73.7 Å². The molecule has 0 aliphatic carbocycles. The lowest BCUT2D eigenvalue weighted by atomic mass is 10.1. The molecule has 12 heteroatoms. The molecule has 3 aromatic carbocycles. The molecule has 232 valence electrons. The number of carbonyl (C=O) groups excluding carboxylic acids is 2. The minimum atomic E-state index is -4.35. The van der Waals surface area contributed by atoms with E-state index in [-0.39, 0.29) is 28.9 Å². The van der Waals surface area contributed by atoms with Crippen LogP contribution in [0.15, 0.2) is 71.6 Å². The number of carbonyl (C=O) groups is 2. The molecule has 0 heterocycles. The first-order chi connectivity index (χ1) is 20.4. The van der Waals surface area contributed by atoms with Crippen LogP contribution in [0.4, 0.5) is 10.1 Å². The van der Waals surface area contributed by atoms with Gasteiger partial charge in [-0.25, -0.2) is 12.8 Å². The predicted octanol–water partition coefficient (Wildman–Crippen LogP) is 4.38. The number of nitrogens with one attached hydrogen (secondary N) is 1. The van der Waals surface area contributed by atoms with Crippen molar-refractivity contribution in [3.63, 3.8) is 0 Å². The number of benzene rings is 3. The van der Waals surface area contributed by atoms with Gasteiger partial charge in [-0.3, -0.25) is 13.9 Å². The largest absolute Gasteiger partial charge is 0.494 e. The van der Waals surface area contributed by atoms with E-state index in [9.17, 15) is 22.4 Å². The first-order valence-corrected chi connectivity index (χ1v) is 15.2. The Labute approximate surface area is 252 Å². The number of halogens is 1. The van der Waals surface area contributed by atoms with Gasteiger partial charge in [-0.1, -0.05) is 12.1 Å².